The smallest absolute Gasteiger partial charge is 0.332 e. The van der Waals surface area contributed by atoms with Crippen LogP contribution in [0.25, 0.3) is 6.08 Å². The Hall–Kier alpha value is -2.04. The molecular weight excluding hydrogens is 199 g/mol. The highest BCUT2D eigenvalue weighted by Gasteiger charge is 2.17. The van der Waals surface area contributed by atoms with Crippen molar-refractivity contribution in [2.45, 2.75) is 6.54 Å². The quantitative estimate of drug-likeness (QED) is 0.709. The normalized spacial score (nSPS) is 13.5. The van der Waals surface area contributed by atoms with Crippen LogP contribution in [0.1, 0.15) is 11.1 Å². The maximum absolute atomic E-state index is 13.2. The van der Waals surface area contributed by atoms with Crippen molar-refractivity contribution >= 4 is 12.0 Å². The number of carbonyl (C=O) groups is 1. The number of fused-ring (bicyclic) bond motifs is 1. The second-order valence-electron chi connectivity index (χ2n) is 3.12. The second kappa shape index (κ2) is 3.61. The number of hydrogen-bond donors (Lipinski definition) is 1. The molecule has 0 saturated heterocycles. The fourth-order valence-corrected chi connectivity index (χ4v) is 1.47. The molecule has 15 heavy (non-hydrogen) atoms. The predicted molar refractivity (Wildman–Crippen MR) is 52.0 cm³/mol. The number of nitrogens with one attached hydrogen (secondary N) is 1. The molecule has 0 atom stereocenters. The monoisotopic (exact) mass is 206 g/mol. The highest BCUT2D eigenvalue weighted by Crippen LogP contribution is 2.20. The molecule has 4 nitrogen and oxygen atoms in total. The summed E-state index contributed by atoms with van der Waals surface area (Å²) < 4.78 is 13.2. The number of nitroso groups, excluding NO2 is 1. The zero-order valence-electron chi connectivity index (χ0n) is 7.66. The Balaban J connectivity index is 2.46. The van der Waals surface area contributed by atoms with Gasteiger partial charge in [-0.3, -0.25) is 4.79 Å². The van der Waals surface area contributed by atoms with Crippen molar-refractivity contribution in [2.75, 3.05) is 0 Å². The minimum Gasteiger partial charge on any atom is -0.376 e. The van der Waals surface area contributed by atoms with Crippen LogP contribution >= 0.6 is 0 Å². The number of amides is 1. The molecule has 0 aliphatic carbocycles. The summed E-state index contributed by atoms with van der Waals surface area (Å²) in [7, 11) is 0. The Bertz CT molecular complexity index is 468. The average molecular weight is 206 g/mol. The highest BCUT2D eigenvalue weighted by atomic mass is 19.1. The molecule has 0 radical (unpaired) electrons. The van der Waals surface area contributed by atoms with Gasteiger partial charge in [-0.05, 0) is 17.7 Å². The van der Waals surface area contributed by atoms with E-state index in [9.17, 15) is 14.1 Å². The lowest BCUT2D eigenvalue weighted by Crippen LogP contribution is -2.23. The van der Waals surface area contributed by atoms with E-state index >= 15 is 0 Å². The molecule has 0 saturated carbocycles. The molecule has 1 amide bonds. The maximum atomic E-state index is 13.2. The van der Waals surface area contributed by atoms with Gasteiger partial charge >= 0.3 is 5.91 Å². The van der Waals surface area contributed by atoms with E-state index in [4.69, 9.17) is 0 Å². The zero-order chi connectivity index (χ0) is 10.8. The summed E-state index contributed by atoms with van der Waals surface area (Å²) >= 11 is 0. The number of hydrogen-bond acceptors (Lipinski definition) is 3. The van der Waals surface area contributed by atoms with Crippen molar-refractivity contribution in [1.82, 2.24) is 5.32 Å². The molecule has 0 fully saturated rings. The van der Waals surface area contributed by atoms with Crippen molar-refractivity contribution in [3.63, 3.8) is 0 Å². The summed E-state index contributed by atoms with van der Waals surface area (Å²) in [5, 5.41) is 4.94. The van der Waals surface area contributed by atoms with Gasteiger partial charge in [-0.15, -0.1) is 4.91 Å². The van der Waals surface area contributed by atoms with Gasteiger partial charge in [-0.1, -0.05) is 12.1 Å². The molecule has 0 bridgehead atoms. The van der Waals surface area contributed by atoms with Crippen LogP contribution < -0.4 is 5.32 Å². The molecule has 1 aliphatic heterocycles. The van der Waals surface area contributed by atoms with E-state index < -0.39 is 5.91 Å². The van der Waals surface area contributed by atoms with Crippen molar-refractivity contribution in [3.05, 3.63) is 45.7 Å². The van der Waals surface area contributed by atoms with Gasteiger partial charge in [-0.2, -0.15) is 0 Å². The van der Waals surface area contributed by atoms with E-state index in [1.807, 2.05) is 0 Å². The molecule has 76 valence electrons. The van der Waals surface area contributed by atoms with Crippen LogP contribution in [0.2, 0.25) is 0 Å². The van der Waals surface area contributed by atoms with Crippen molar-refractivity contribution in [1.29, 1.82) is 0 Å². The highest BCUT2D eigenvalue weighted by molar-refractivity contribution is 5.98. The van der Waals surface area contributed by atoms with E-state index in [1.165, 1.54) is 12.1 Å². The van der Waals surface area contributed by atoms with Crippen molar-refractivity contribution in [2.24, 2.45) is 5.18 Å². The van der Waals surface area contributed by atoms with E-state index in [0.717, 1.165) is 0 Å². The summed E-state index contributed by atoms with van der Waals surface area (Å²) in [6, 6.07) is 4.57. The third-order valence-corrected chi connectivity index (χ3v) is 2.22. The first-order valence-electron chi connectivity index (χ1n) is 4.33. The van der Waals surface area contributed by atoms with Gasteiger partial charge in [0.25, 0.3) is 0 Å². The molecular formula is C10H7FN2O2. The first kappa shape index (κ1) is 9.51. The molecule has 1 aliphatic rings. The van der Waals surface area contributed by atoms with E-state index in [1.54, 1.807) is 12.1 Å². The van der Waals surface area contributed by atoms with Gasteiger partial charge in [0.1, 0.15) is 11.5 Å². The average Bonchev–Trinajstić information content (AvgIpc) is 2.28. The van der Waals surface area contributed by atoms with Crippen LogP contribution in [0.3, 0.4) is 0 Å². The van der Waals surface area contributed by atoms with E-state index in [-0.39, 0.29) is 18.1 Å². The second-order valence-corrected chi connectivity index (χ2v) is 3.12. The topological polar surface area (TPSA) is 58.5 Å². The summed E-state index contributed by atoms with van der Waals surface area (Å²) in [4.78, 5) is 21.0. The summed E-state index contributed by atoms with van der Waals surface area (Å²) in [6.45, 7) is 0.190. The number of nitrogens with zero attached hydrogens (tertiary/aromatic N) is 1. The van der Waals surface area contributed by atoms with Gasteiger partial charge < -0.3 is 5.32 Å². The van der Waals surface area contributed by atoms with Crippen LogP contribution in [-0.2, 0) is 11.3 Å². The lowest BCUT2D eigenvalue weighted by atomic mass is 10.0. The summed E-state index contributed by atoms with van der Waals surface area (Å²) in [5.41, 5.74) is 1.18. The molecule has 2 rings (SSSR count). The maximum Gasteiger partial charge on any atom is 0.332 e. The van der Waals surface area contributed by atoms with Gasteiger partial charge in [0.15, 0.2) is 0 Å². The van der Waals surface area contributed by atoms with Gasteiger partial charge in [0, 0.05) is 17.3 Å². The molecule has 1 heterocycles. The van der Waals surface area contributed by atoms with Crippen molar-refractivity contribution in [3.8, 4) is 0 Å². The van der Waals surface area contributed by atoms with E-state index in [0.29, 0.717) is 11.1 Å². The minimum absolute atomic E-state index is 0.100. The third-order valence-electron chi connectivity index (χ3n) is 2.22. The predicted octanol–water partition coefficient (Wildman–Crippen LogP) is 1.56. The standard InChI is InChI=1S/C10H7FN2O2/c11-8-3-1-2-6-4-9(10(14)13-15)12-5-7(6)8/h1-4,12H,5H2. The first-order valence-corrected chi connectivity index (χ1v) is 4.33. The van der Waals surface area contributed by atoms with Gasteiger partial charge in [-0.25, -0.2) is 4.39 Å². The largest absolute Gasteiger partial charge is 0.376 e. The Morgan fingerprint density at radius 3 is 3.00 bits per heavy atom. The fraction of sp³-hybridized carbons (Fsp3) is 0.100. The molecule has 1 N–H and O–H groups in total. The molecule has 5 heteroatoms. The molecule has 0 unspecified atom stereocenters. The minimum atomic E-state index is -0.870. The molecule has 0 aromatic heterocycles. The van der Waals surface area contributed by atoms with Gasteiger partial charge in [0.05, 0.1) is 0 Å². The SMILES string of the molecule is O=NC(=O)C1=Cc2cccc(F)c2CN1. The number of halogens is 1. The van der Waals surface area contributed by atoms with Gasteiger partial charge in [0.2, 0.25) is 0 Å². The summed E-state index contributed by atoms with van der Waals surface area (Å²) in [6.07, 6.45) is 1.42. The Morgan fingerprint density at radius 1 is 1.47 bits per heavy atom. The molecule has 1 aromatic carbocycles. The number of rotatable bonds is 1. The fourth-order valence-electron chi connectivity index (χ4n) is 1.47. The third kappa shape index (κ3) is 1.63. The zero-order valence-corrected chi connectivity index (χ0v) is 7.66. The molecule has 1 aromatic rings. The Kier molecular flexibility index (Phi) is 2.29. The van der Waals surface area contributed by atoms with Crippen LogP contribution in [0.5, 0.6) is 0 Å². The van der Waals surface area contributed by atoms with Crippen LogP contribution in [0, 0.1) is 10.7 Å². The lowest BCUT2D eigenvalue weighted by Gasteiger charge is -2.16. The Labute approximate surface area is 84.8 Å². The Morgan fingerprint density at radius 2 is 2.27 bits per heavy atom. The van der Waals surface area contributed by atoms with Crippen LogP contribution in [-0.4, -0.2) is 5.91 Å². The van der Waals surface area contributed by atoms with Crippen molar-refractivity contribution < 1.29 is 9.18 Å². The number of benzene rings is 1. The lowest BCUT2D eigenvalue weighted by molar-refractivity contribution is -0.114. The summed E-state index contributed by atoms with van der Waals surface area (Å²) in [5.74, 6) is -1.20. The van der Waals surface area contributed by atoms with Crippen LogP contribution in [0.15, 0.2) is 29.1 Å². The van der Waals surface area contributed by atoms with Crippen LogP contribution in [0.4, 0.5) is 4.39 Å². The molecule has 0 spiro atoms. The van der Waals surface area contributed by atoms with E-state index in [2.05, 4.69) is 10.5 Å². The first-order chi connectivity index (χ1) is 7.22. The number of carbonyl (C=O) groups excluding carboxylic acids is 1.